The molecule has 0 unspecified atom stereocenters. The number of sulfonamides is 1. The minimum atomic E-state index is -3.73. The first-order chi connectivity index (χ1) is 9.56. The molecule has 0 aliphatic carbocycles. The lowest BCUT2D eigenvalue weighted by atomic mass is 10.1. The van der Waals surface area contributed by atoms with Crippen LogP contribution >= 0.6 is 11.3 Å². The minimum Gasteiger partial charge on any atom is -0.497 e. The van der Waals surface area contributed by atoms with Crippen molar-refractivity contribution in [3.8, 4) is 5.75 Å². The molecule has 0 radical (unpaired) electrons. The molecule has 0 bridgehead atoms. The Balaban J connectivity index is 2.39. The second kappa shape index (κ2) is 6.21. The Morgan fingerprint density at radius 1 is 1.45 bits per heavy atom. The van der Waals surface area contributed by atoms with Crippen molar-refractivity contribution in [1.82, 2.24) is 4.98 Å². The Hall–Kier alpha value is -1.64. The number of anilines is 1. The number of methoxy groups -OCH3 is 1. The summed E-state index contributed by atoms with van der Waals surface area (Å²) in [4.78, 5) is 4.00. The van der Waals surface area contributed by atoms with E-state index in [1.165, 1.54) is 30.7 Å². The molecule has 0 aliphatic rings. The van der Waals surface area contributed by atoms with E-state index in [0.29, 0.717) is 16.4 Å². The number of aromatic nitrogens is 1. The van der Waals surface area contributed by atoms with E-state index in [0.717, 1.165) is 0 Å². The van der Waals surface area contributed by atoms with Gasteiger partial charge in [0.1, 0.15) is 5.75 Å². The number of aliphatic hydroxyl groups excluding tert-OH is 1. The van der Waals surface area contributed by atoms with Gasteiger partial charge in [-0.2, -0.15) is 0 Å². The molecule has 108 valence electrons. The summed E-state index contributed by atoms with van der Waals surface area (Å²) in [5.41, 5.74) is 0.496. The molecule has 2 N–H and O–H groups in total. The van der Waals surface area contributed by atoms with Crippen LogP contribution in [0.1, 0.15) is 5.56 Å². The third kappa shape index (κ3) is 3.27. The van der Waals surface area contributed by atoms with Crippen LogP contribution in [0.2, 0.25) is 0 Å². The van der Waals surface area contributed by atoms with Crippen LogP contribution < -0.4 is 9.46 Å². The van der Waals surface area contributed by atoms with Crippen LogP contribution in [0.25, 0.3) is 0 Å². The van der Waals surface area contributed by atoms with Gasteiger partial charge in [-0.15, -0.1) is 11.3 Å². The van der Waals surface area contributed by atoms with Crippen LogP contribution in [0, 0.1) is 0 Å². The van der Waals surface area contributed by atoms with Crippen molar-refractivity contribution >= 4 is 26.5 Å². The van der Waals surface area contributed by atoms with E-state index in [9.17, 15) is 8.42 Å². The standard InChI is InChI=1S/C12H14N2O4S2/c1-18-10-2-3-11(9(8-10)4-6-15)20(16,17)14-12-13-5-7-19-12/h2-3,5,7-8,15H,4,6H2,1H3,(H,13,14). The molecule has 0 aliphatic heterocycles. The molecular weight excluding hydrogens is 300 g/mol. The van der Waals surface area contributed by atoms with Gasteiger partial charge < -0.3 is 9.84 Å². The van der Waals surface area contributed by atoms with Crippen molar-refractivity contribution in [2.45, 2.75) is 11.3 Å². The highest BCUT2D eigenvalue weighted by Gasteiger charge is 2.20. The van der Waals surface area contributed by atoms with E-state index in [4.69, 9.17) is 9.84 Å². The molecule has 0 fully saturated rings. The largest absolute Gasteiger partial charge is 0.497 e. The molecule has 1 heterocycles. The van der Waals surface area contributed by atoms with E-state index in [2.05, 4.69) is 9.71 Å². The number of nitrogens with one attached hydrogen (secondary N) is 1. The molecule has 6 nitrogen and oxygen atoms in total. The topological polar surface area (TPSA) is 88.5 Å². The number of benzene rings is 1. The van der Waals surface area contributed by atoms with E-state index < -0.39 is 10.0 Å². The number of rotatable bonds is 6. The summed E-state index contributed by atoms with van der Waals surface area (Å²) in [5.74, 6) is 0.543. The number of thiazole rings is 1. The third-order valence-electron chi connectivity index (χ3n) is 2.59. The minimum absolute atomic E-state index is 0.113. The molecule has 1 aromatic heterocycles. The highest BCUT2D eigenvalue weighted by Crippen LogP contribution is 2.25. The molecule has 8 heteroatoms. The van der Waals surface area contributed by atoms with Gasteiger partial charge in [0, 0.05) is 18.2 Å². The van der Waals surface area contributed by atoms with Crippen LogP contribution in [-0.4, -0.2) is 32.2 Å². The summed E-state index contributed by atoms with van der Waals surface area (Å²) in [6.45, 7) is -0.146. The molecule has 1 aromatic carbocycles. The van der Waals surface area contributed by atoms with Crippen LogP contribution in [-0.2, 0) is 16.4 Å². The summed E-state index contributed by atoms with van der Waals surface area (Å²) in [7, 11) is -2.23. The van der Waals surface area contributed by atoms with Crippen LogP contribution in [0.5, 0.6) is 5.75 Å². The molecular formula is C12H14N2O4S2. The number of ether oxygens (including phenoxy) is 1. The zero-order valence-corrected chi connectivity index (χ0v) is 12.4. The lowest BCUT2D eigenvalue weighted by molar-refractivity contribution is 0.298. The maximum absolute atomic E-state index is 12.3. The maximum Gasteiger partial charge on any atom is 0.263 e. The van der Waals surface area contributed by atoms with Gasteiger partial charge in [-0.05, 0) is 30.2 Å². The van der Waals surface area contributed by atoms with Crippen molar-refractivity contribution in [3.05, 3.63) is 35.3 Å². The number of hydrogen-bond donors (Lipinski definition) is 2. The molecule has 2 rings (SSSR count). The van der Waals surface area contributed by atoms with Crippen molar-refractivity contribution in [3.63, 3.8) is 0 Å². The first-order valence-corrected chi connectivity index (χ1v) is 8.13. The van der Waals surface area contributed by atoms with Crippen molar-refractivity contribution in [1.29, 1.82) is 0 Å². The smallest absolute Gasteiger partial charge is 0.263 e. The Labute approximate surface area is 121 Å². The van der Waals surface area contributed by atoms with Gasteiger partial charge >= 0.3 is 0 Å². The summed E-state index contributed by atoms with van der Waals surface area (Å²) in [6, 6.07) is 4.63. The quantitative estimate of drug-likeness (QED) is 0.843. The highest BCUT2D eigenvalue weighted by atomic mass is 32.2. The first-order valence-electron chi connectivity index (χ1n) is 5.77. The predicted octanol–water partition coefficient (Wildman–Crippen LogP) is 1.49. The summed E-state index contributed by atoms with van der Waals surface area (Å²) in [5, 5.41) is 11.0. The summed E-state index contributed by atoms with van der Waals surface area (Å²) in [6.07, 6.45) is 1.75. The van der Waals surface area contributed by atoms with E-state index in [1.807, 2.05) is 0 Å². The Morgan fingerprint density at radius 3 is 2.85 bits per heavy atom. The number of nitrogens with zero attached hydrogens (tertiary/aromatic N) is 1. The van der Waals surface area contributed by atoms with Gasteiger partial charge in [-0.1, -0.05) is 0 Å². The molecule has 0 saturated heterocycles. The van der Waals surface area contributed by atoms with Crippen molar-refractivity contribution < 1.29 is 18.3 Å². The molecule has 0 saturated carbocycles. The van der Waals surface area contributed by atoms with Gasteiger partial charge in [0.05, 0.1) is 12.0 Å². The first kappa shape index (κ1) is 14.8. The SMILES string of the molecule is COc1ccc(S(=O)(=O)Nc2nccs2)c(CCO)c1. The van der Waals surface area contributed by atoms with Gasteiger partial charge in [0.2, 0.25) is 0 Å². The van der Waals surface area contributed by atoms with E-state index in [-0.39, 0.29) is 17.9 Å². The number of hydrogen-bond acceptors (Lipinski definition) is 6. The lowest BCUT2D eigenvalue weighted by Crippen LogP contribution is -2.15. The second-order valence-corrected chi connectivity index (χ2v) is 6.44. The van der Waals surface area contributed by atoms with E-state index >= 15 is 0 Å². The van der Waals surface area contributed by atoms with Gasteiger partial charge in [0.25, 0.3) is 10.0 Å². The number of aliphatic hydroxyl groups is 1. The second-order valence-electron chi connectivity index (χ2n) is 3.89. The maximum atomic E-state index is 12.3. The monoisotopic (exact) mass is 314 g/mol. The molecule has 20 heavy (non-hydrogen) atoms. The third-order valence-corrected chi connectivity index (χ3v) is 4.85. The van der Waals surface area contributed by atoms with Crippen LogP contribution in [0.3, 0.4) is 0 Å². The van der Waals surface area contributed by atoms with Gasteiger partial charge in [-0.25, -0.2) is 13.4 Å². The zero-order valence-electron chi connectivity index (χ0n) is 10.7. The fraction of sp³-hybridized carbons (Fsp3) is 0.250. The predicted molar refractivity (Wildman–Crippen MR) is 76.7 cm³/mol. The Kier molecular flexibility index (Phi) is 4.58. The Morgan fingerprint density at radius 2 is 2.25 bits per heavy atom. The van der Waals surface area contributed by atoms with Crippen LogP contribution in [0.15, 0.2) is 34.7 Å². The average Bonchev–Trinajstić information content (AvgIpc) is 2.91. The van der Waals surface area contributed by atoms with Crippen LogP contribution in [0.4, 0.5) is 5.13 Å². The molecule has 0 atom stereocenters. The normalized spacial score (nSPS) is 11.3. The lowest BCUT2D eigenvalue weighted by Gasteiger charge is -2.11. The molecule has 2 aromatic rings. The highest BCUT2D eigenvalue weighted by molar-refractivity contribution is 7.93. The fourth-order valence-corrected chi connectivity index (χ4v) is 3.74. The van der Waals surface area contributed by atoms with Crippen molar-refractivity contribution in [2.24, 2.45) is 0 Å². The fourth-order valence-electron chi connectivity index (χ4n) is 1.70. The van der Waals surface area contributed by atoms with Crippen molar-refractivity contribution in [2.75, 3.05) is 18.4 Å². The van der Waals surface area contributed by atoms with Gasteiger partial charge in [-0.3, -0.25) is 4.72 Å². The molecule has 0 spiro atoms. The molecule has 0 amide bonds. The van der Waals surface area contributed by atoms with E-state index in [1.54, 1.807) is 17.5 Å². The Bertz CT molecular complexity index is 669. The average molecular weight is 314 g/mol. The van der Waals surface area contributed by atoms with Gasteiger partial charge in [0.15, 0.2) is 5.13 Å². The summed E-state index contributed by atoms with van der Waals surface area (Å²) >= 11 is 1.20. The zero-order chi connectivity index (χ0) is 14.6. The summed E-state index contributed by atoms with van der Waals surface area (Å²) < 4.78 is 32.1.